The second-order valence-corrected chi connectivity index (χ2v) is 6.59. The van der Waals surface area contributed by atoms with Crippen LogP contribution in [0, 0.1) is 6.92 Å². The summed E-state index contributed by atoms with van der Waals surface area (Å²) in [6, 6.07) is 16.7. The maximum Gasteiger partial charge on any atom is 0.122 e. The van der Waals surface area contributed by atoms with E-state index in [4.69, 9.17) is 9.72 Å². The van der Waals surface area contributed by atoms with Gasteiger partial charge in [-0.2, -0.15) is 0 Å². The Bertz CT molecular complexity index is 807. The summed E-state index contributed by atoms with van der Waals surface area (Å²) < 4.78 is 8.32. The summed E-state index contributed by atoms with van der Waals surface area (Å²) in [6.45, 7) is 6.10. The van der Waals surface area contributed by atoms with E-state index in [9.17, 15) is 0 Å². The van der Waals surface area contributed by atoms with Gasteiger partial charge < -0.3 is 9.30 Å². The van der Waals surface area contributed by atoms with Crippen molar-refractivity contribution in [1.82, 2.24) is 9.55 Å². The lowest BCUT2D eigenvalue weighted by atomic mass is 10.2. The van der Waals surface area contributed by atoms with Crippen molar-refractivity contribution in [2.24, 2.45) is 0 Å². The van der Waals surface area contributed by atoms with E-state index in [-0.39, 0.29) is 0 Å². The van der Waals surface area contributed by atoms with E-state index >= 15 is 0 Å². The molecular formula is C22H28N2O. The fourth-order valence-corrected chi connectivity index (χ4v) is 3.17. The molecule has 132 valence electrons. The lowest BCUT2D eigenvalue weighted by Crippen LogP contribution is -2.06. The molecule has 0 saturated heterocycles. The number of unbranched alkanes of at least 4 members (excludes halogenated alkanes) is 2. The Hall–Kier alpha value is -2.29. The van der Waals surface area contributed by atoms with Gasteiger partial charge in [-0.1, -0.05) is 43.7 Å². The Balaban J connectivity index is 1.58. The lowest BCUT2D eigenvalue weighted by Gasteiger charge is -2.11. The number of imidazole rings is 1. The van der Waals surface area contributed by atoms with E-state index in [2.05, 4.69) is 48.7 Å². The van der Waals surface area contributed by atoms with Gasteiger partial charge in [0.15, 0.2) is 0 Å². The van der Waals surface area contributed by atoms with Gasteiger partial charge >= 0.3 is 0 Å². The molecule has 0 N–H and O–H groups in total. The maximum absolute atomic E-state index is 5.91. The molecule has 3 nitrogen and oxygen atoms in total. The molecule has 1 heterocycles. The molecule has 0 saturated carbocycles. The minimum atomic E-state index is 0.766. The van der Waals surface area contributed by atoms with E-state index in [1.165, 1.54) is 29.7 Å². The predicted molar refractivity (Wildman–Crippen MR) is 104 cm³/mol. The van der Waals surface area contributed by atoms with Crippen LogP contribution in [0.15, 0.2) is 48.5 Å². The molecular weight excluding hydrogens is 308 g/mol. The van der Waals surface area contributed by atoms with Gasteiger partial charge in [0.2, 0.25) is 0 Å². The van der Waals surface area contributed by atoms with Gasteiger partial charge in [0, 0.05) is 13.0 Å². The predicted octanol–water partition coefficient (Wildman–Crippen LogP) is 5.55. The highest BCUT2D eigenvalue weighted by Gasteiger charge is 2.09. The van der Waals surface area contributed by atoms with Crippen LogP contribution in [0.3, 0.4) is 0 Å². The quantitative estimate of drug-likeness (QED) is 0.479. The number of benzene rings is 2. The first-order valence-corrected chi connectivity index (χ1v) is 9.42. The van der Waals surface area contributed by atoms with Gasteiger partial charge in [-0.05, 0) is 49.9 Å². The summed E-state index contributed by atoms with van der Waals surface area (Å²) in [4.78, 5) is 4.84. The third kappa shape index (κ3) is 4.41. The molecule has 0 unspecified atom stereocenters. The van der Waals surface area contributed by atoms with Crippen molar-refractivity contribution in [1.29, 1.82) is 0 Å². The third-order valence-electron chi connectivity index (χ3n) is 4.61. The summed E-state index contributed by atoms with van der Waals surface area (Å²) in [7, 11) is 0. The van der Waals surface area contributed by atoms with Crippen molar-refractivity contribution in [3.63, 3.8) is 0 Å². The molecule has 25 heavy (non-hydrogen) atoms. The summed E-state index contributed by atoms with van der Waals surface area (Å²) in [5.41, 5.74) is 3.57. The van der Waals surface area contributed by atoms with Crippen molar-refractivity contribution in [2.75, 3.05) is 6.61 Å². The van der Waals surface area contributed by atoms with Gasteiger partial charge in [-0.3, -0.25) is 0 Å². The Labute approximate surface area is 150 Å². The van der Waals surface area contributed by atoms with E-state index in [1.54, 1.807) is 0 Å². The first-order valence-electron chi connectivity index (χ1n) is 9.42. The normalized spacial score (nSPS) is 11.1. The minimum absolute atomic E-state index is 0.766. The van der Waals surface area contributed by atoms with E-state index in [0.29, 0.717) is 0 Å². The summed E-state index contributed by atoms with van der Waals surface area (Å²) in [5, 5.41) is 0. The SMILES string of the molecule is CCCCc1nc2ccccc2n1CCCCOc1ccccc1C. The number of fused-ring (bicyclic) bond motifs is 1. The van der Waals surface area contributed by atoms with Crippen molar-refractivity contribution in [3.8, 4) is 5.75 Å². The molecule has 0 aliphatic carbocycles. The van der Waals surface area contributed by atoms with Crippen LogP contribution in [-0.4, -0.2) is 16.2 Å². The van der Waals surface area contributed by atoms with Gasteiger partial charge in [0.25, 0.3) is 0 Å². The number of ether oxygens (including phenoxy) is 1. The molecule has 0 fully saturated rings. The molecule has 3 heteroatoms. The second kappa shape index (κ2) is 8.70. The van der Waals surface area contributed by atoms with E-state index in [0.717, 1.165) is 43.7 Å². The zero-order valence-electron chi connectivity index (χ0n) is 15.4. The zero-order chi connectivity index (χ0) is 17.5. The van der Waals surface area contributed by atoms with Crippen LogP contribution < -0.4 is 4.74 Å². The lowest BCUT2D eigenvalue weighted by molar-refractivity contribution is 0.301. The fraction of sp³-hybridized carbons (Fsp3) is 0.409. The molecule has 0 bridgehead atoms. The van der Waals surface area contributed by atoms with Crippen LogP contribution >= 0.6 is 0 Å². The highest BCUT2D eigenvalue weighted by Crippen LogP contribution is 2.19. The number of aryl methyl sites for hydroxylation is 3. The van der Waals surface area contributed by atoms with Crippen molar-refractivity contribution in [3.05, 3.63) is 59.9 Å². The number of hydrogen-bond donors (Lipinski definition) is 0. The number of aromatic nitrogens is 2. The Kier molecular flexibility index (Phi) is 6.10. The zero-order valence-corrected chi connectivity index (χ0v) is 15.4. The average molecular weight is 336 g/mol. The summed E-state index contributed by atoms with van der Waals surface area (Å²) >= 11 is 0. The van der Waals surface area contributed by atoms with Crippen LogP contribution in [0.1, 0.15) is 44.0 Å². The second-order valence-electron chi connectivity index (χ2n) is 6.59. The number of para-hydroxylation sites is 3. The number of hydrogen-bond acceptors (Lipinski definition) is 2. The average Bonchev–Trinajstić information content (AvgIpc) is 2.99. The highest BCUT2D eigenvalue weighted by molar-refractivity contribution is 5.75. The molecule has 0 atom stereocenters. The number of nitrogens with zero attached hydrogens (tertiary/aromatic N) is 2. The minimum Gasteiger partial charge on any atom is -0.493 e. The van der Waals surface area contributed by atoms with Crippen molar-refractivity contribution >= 4 is 11.0 Å². The van der Waals surface area contributed by atoms with Gasteiger partial charge in [0.05, 0.1) is 17.6 Å². The topological polar surface area (TPSA) is 27.1 Å². The molecule has 2 aromatic carbocycles. The van der Waals surface area contributed by atoms with Crippen LogP contribution in [0.4, 0.5) is 0 Å². The molecule has 0 aliphatic rings. The van der Waals surface area contributed by atoms with Gasteiger partial charge in [0.1, 0.15) is 11.6 Å². The van der Waals surface area contributed by atoms with Crippen LogP contribution in [0.2, 0.25) is 0 Å². The van der Waals surface area contributed by atoms with Gasteiger partial charge in [-0.15, -0.1) is 0 Å². The highest BCUT2D eigenvalue weighted by atomic mass is 16.5. The monoisotopic (exact) mass is 336 g/mol. The first-order chi connectivity index (χ1) is 12.3. The smallest absolute Gasteiger partial charge is 0.122 e. The molecule has 1 aromatic heterocycles. The van der Waals surface area contributed by atoms with Crippen LogP contribution in [-0.2, 0) is 13.0 Å². The van der Waals surface area contributed by atoms with E-state index in [1.807, 2.05) is 18.2 Å². The summed E-state index contributed by atoms with van der Waals surface area (Å²) in [5.74, 6) is 2.22. The van der Waals surface area contributed by atoms with Crippen LogP contribution in [0.5, 0.6) is 5.75 Å². The molecule has 0 amide bonds. The molecule has 0 radical (unpaired) electrons. The van der Waals surface area contributed by atoms with Gasteiger partial charge in [-0.25, -0.2) is 4.98 Å². The Morgan fingerprint density at radius 3 is 2.60 bits per heavy atom. The standard InChI is InChI=1S/C22H28N2O/c1-3-4-15-22-23-19-12-6-7-13-20(19)24(22)16-9-10-17-25-21-14-8-5-11-18(21)2/h5-8,11-14H,3-4,9-10,15-17H2,1-2H3. The summed E-state index contributed by atoms with van der Waals surface area (Å²) in [6.07, 6.45) is 5.61. The fourth-order valence-electron chi connectivity index (χ4n) is 3.17. The third-order valence-corrected chi connectivity index (χ3v) is 4.61. The molecule has 0 spiro atoms. The Morgan fingerprint density at radius 1 is 0.960 bits per heavy atom. The van der Waals surface area contributed by atoms with Crippen molar-refractivity contribution < 1.29 is 4.74 Å². The number of rotatable bonds is 9. The van der Waals surface area contributed by atoms with Crippen molar-refractivity contribution in [2.45, 2.75) is 52.5 Å². The largest absolute Gasteiger partial charge is 0.493 e. The Morgan fingerprint density at radius 2 is 1.76 bits per heavy atom. The molecule has 3 rings (SSSR count). The molecule has 0 aliphatic heterocycles. The van der Waals surface area contributed by atoms with Crippen LogP contribution in [0.25, 0.3) is 11.0 Å². The maximum atomic E-state index is 5.91. The first kappa shape index (κ1) is 17.5. The molecule has 3 aromatic rings. The van der Waals surface area contributed by atoms with E-state index < -0.39 is 0 Å².